The molecule has 0 atom stereocenters. The summed E-state index contributed by atoms with van der Waals surface area (Å²) in [5, 5.41) is 7.24. The molecule has 10 heterocycles. The predicted molar refractivity (Wildman–Crippen MR) is 240 cm³/mol. The fourth-order valence-corrected chi connectivity index (χ4v) is 8.63. The first-order valence-corrected chi connectivity index (χ1v) is 22.4. The van der Waals surface area contributed by atoms with Gasteiger partial charge in [-0.05, 0) is 89.0 Å². The van der Waals surface area contributed by atoms with Crippen molar-refractivity contribution in [3.8, 4) is 23.0 Å². The van der Waals surface area contributed by atoms with Crippen molar-refractivity contribution in [1.29, 1.82) is 0 Å². The fourth-order valence-electron chi connectivity index (χ4n) is 8.63. The third kappa shape index (κ3) is 10.6. The van der Waals surface area contributed by atoms with Crippen LogP contribution in [0.15, 0.2) is 71.0 Å². The lowest BCUT2D eigenvalue weighted by atomic mass is 10.0. The van der Waals surface area contributed by atoms with Gasteiger partial charge in [-0.3, -0.25) is 19.6 Å². The maximum absolute atomic E-state index is 12.4. The molecule has 10 rings (SSSR count). The molecular formula is C46H56N12O6. The van der Waals surface area contributed by atoms with Gasteiger partial charge in [0.2, 0.25) is 0 Å². The Hall–Kier alpha value is -6.08. The molecule has 2 N–H and O–H groups in total. The standard InChI is InChI=1S/2C23H28N6O3/c2*1-16-10-19-23(26-12-16)27-15-22(30)29(19)7-6-28-4-2-17(3-5-28)24-13-18-11-20-21(14-25-18)32-9-8-31-20/h2*10-12,14-15,17,24H,2-9,13H2,1H3. The highest BCUT2D eigenvalue weighted by Crippen LogP contribution is 2.30. The number of nitrogens with one attached hydrogen (secondary N) is 2. The van der Waals surface area contributed by atoms with Crippen molar-refractivity contribution in [2.45, 2.75) is 77.8 Å². The highest BCUT2D eigenvalue weighted by atomic mass is 16.6. The van der Waals surface area contributed by atoms with Crippen molar-refractivity contribution in [2.24, 2.45) is 0 Å². The number of ether oxygens (including phenoxy) is 4. The zero-order valence-corrected chi connectivity index (χ0v) is 36.6. The quantitative estimate of drug-likeness (QED) is 0.183. The lowest BCUT2D eigenvalue weighted by molar-refractivity contribution is 0.170. The topological polar surface area (TPSA) is 189 Å². The average molecular weight is 873 g/mol. The highest BCUT2D eigenvalue weighted by molar-refractivity contribution is 5.71. The third-order valence-corrected chi connectivity index (χ3v) is 12.2. The van der Waals surface area contributed by atoms with Crippen LogP contribution in [0.25, 0.3) is 22.3 Å². The summed E-state index contributed by atoms with van der Waals surface area (Å²) in [4.78, 5) is 55.6. The van der Waals surface area contributed by atoms with Gasteiger partial charge in [-0.15, -0.1) is 0 Å². The van der Waals surface area contributed by atoms with E-state index >= 15 is 0 Å². The van der Waals surface area contributed by atoms with Crippen LogP contribution in [-0.4, -0.2) is 127 Å². The van der Waals surface area contributed by atoms with Gasteiger partial charge >= 0.3 is 0 Å². The summed E-state index contributed by atoms with van der Waals surface area (Å²) in [5.41, 5.74) is 6.67. The van der Waals surface area contributed by atoms with Crippen LogP contribution >= 0.6 is 0 Å². The Bertz CT molecular complexity index is 2500. The Balaban J connectivity index is 0.000000162. The second-order valence-electron chi connectivity index (χ2n) is 16.8. The van der Waals surface area contributed by atoms with Gasteiger partial charge in [0, 0.05) is 75.9 Å². The maximum atomic E-state index is 12.4. The lowest BCUT2D eigenvalue weighted by Crippen LogP contribution is -2.43. The lowest BCUT2D eigenvalue weighted by Gasteiger charge is -2.32. The van der Waals surface area contributed by atoms with Gasteiger partial charge in [0.15, 0.2) is 34.3 Å². The largest absolute Gasteiger partial charge is 0.486 e. The molecule has 0 amide bonds. The van der Waals surface area contributed by atoms with E-state index in [1.807, 2.05) is 38.1 Å². The molecule has 2 saturated heterocycles. The number of hydrogen-bond donors (Lipinski definition) is 2. The number of nitrogens with zero attached hydrogens (tertiary/aromatic N) is 10. The zero-order chi connectivity index (χ0) is 43.8. The SMILES string of the molecule is Cc1cnc2ncc(=O)n(CCN3CCC(NCc4cc5c(cn4)OCCO5)CC3)c2c1.Cc1cnc2ncc(=O)n(CCN3CCC(NCc4cc5c(cn4)OCCO5)CC3)c2c1. The van der Waals surface area contributed by atoms with Crippen molar-refractivity contribution >= 4 is 22.3 Å². The minimum Gasteiger partial charge on any atom is -0.486 e. The van der Waals surface area contributed by atoms with Crippen molar-refractivity contribution in [1.82, 2.24) is 59.5 Å². The van der Waals surface area contributed by atoms with Crippen molar-refractivity contribution in [3.63, 3.8) is 0 Å². The molecule has 2 fully saturated rings. The molecule has 18 nitrogen and oxygen atoms in total. The molecule has 64 heavy (non-hydrogen) atoms. The summed E-state index contributed by atoms with van der Waals surface area (Å²) in [6, 6.07) is 8.81. The maximum Gasteiger partial charge on any atom is 0.269 e. The van der Waals surface area contributed by atoms with E-state index in [0.717, 1.165) is 121 Å². The smallest absolute Gasteiger partial charge is 0.269 e. The van der Waals surface area contributed by atoms with Crippen LogP contribution in [0.3, 0.4) is 0 Å². The second kappa shape index (κ2) is 20.2. The monoisotopic (exact) mass is 872 g/mol. The summed E-state index contributed by atoms with van der Waals surface area (Å²) in [6.45, 7) is 14.7. The van der Waals surface area contributed by atoms with E-state index in [4.69, 9.17) is 18.9 Å². The van der Waals surface area contributed by atoms with Gasteiger partial charge in [0.25, 0.3) is 11.1 Å². The number of aryl methyl sites for hydroxylation is 2. The summed E-state index contributed by atoms with van der Waals surface area (Å²) < 4.78 is 25.9. The number of piperidine rings is 2. The fraction of sp³-hybridized carbons (Fsp3) is 0.478. The Morgan fingerprint density at radius 2 is 0.891 bits per heavy atom. The van der Waals surface area contributed by atoms with Crippen molar-refractivity contribution in [3.05, 3.63) is 105 Å². The van der Waals surface area contributed by atoms with Crippen LogP contribution in [0.4, 0.5) is 0 Å². The van der Waals surface area contributed by atoms with Gasteiger partial charge in [0.05, 0.1) is 47.2 Å². The summed E-state index contributed by atoms with van der Waals surface area (Å²) >= 11 is 0. The average Bonchev–Trinajstić information content (AvgIpc) is 3.33. The van der Waals surface area contributed by atoms with Crippen LogP contribution in [0.1, 0.15) is 48.2 Å². The Morgan fingerprint density at radius 1 is 0.500 bits per heavy atom. The number of aromatic nitrogens is 8. The minimum absolute atomic E-state index is 0.0756. The Morgan fingerprint density at radius 3 is 1.31 bits per heavy atom. The molecule has 6 aromatic heterocycles. The first-order chi connectivity index (χ1) is 31.3. The van der Waals surface area contributed by atoms with Gasteiger partial charge in [-0.1, -0.05) is 0 Å². The normalized spacial score (nSPS) is 17.0. The number of hydrogen-bond acceptors (Lipinski definition) is 16. The van der Waals surface area contributed by atoms with E-state index in [2.05, 4.69) is 50.3 Å². The van der Waals surface area contributed by atoms with Crippen molar-refractivity contribution in [2.75, 3.05) is 65.7 Å². The number of likely N-dealkylation sites (tertiary alicyclic amines) is 2. The van der Waals surface area contributed by atoms with Crippen molar-refractivity contribution < 1.29 is 18.9 Å². The third-order valence-electron chi connectivity index (χ3n) is 12.2. The predicted octanol–water partition coefficient (Wildman–Crippen LogP) is 3.04. The molecule has 0 aromatic carbocycles. The first kappa shape index (κ1) is 43.2. The molecule has 0 spiro atoms. The number of pyridine rings is 4. The molecular weight excluding hydrogens is 817 g/mol. The Kier molecular flexibility index (Phi) is 13.6. The summed E-state index contributed by atoms with van der Waals surface area (Å²) in [5.74, 6) is 3.00. The van der Waals surface area contributed by atoms with E-state index in [9.17, 15) is 9.59 Å². The molecule has 0 unspecified atom stereocenters. The molecule has 336 valence electrons. The number of rotatable bonds is 12. The Labute approximate surface area is 371 Å². The van der Waals surface area contributed by atoms with Crippen LogP contribution in [0.2, 0.25) is 0 Å². The molecule has 18 heteroatoms. The van der Waals surface area contributed by atoms with Crippen LogP contribution < -0.4 is 40.7 Å². The van der Waals surface area contributed by atoms with Gasteiger partial charge in [0.1, 0.15) is 26.4 Å². The zero-order valence-electron chi connectivity index (χ0n) is 36.6. The second-order valence-corrected chi connectivity index (χ2v) is 16.8. The number of fused-ring (bicyclic) bond motifs is 4. The summed E-state index contributed by atoms with van der Waals surface area (Å²) in [7, 11) is 0. The van der Waals surface area contributed by atoms with E-state index in [0.29, 0.717) is 76.0 Å². The van der Waals surface area contributed by atoms with Crippen LogP contribution in [0, 0.1) is 13.8 Å². The molecule has 0 bridgehead atoms. The van der Waals surface area contributed by atoms with Gasteiger partial charge in [-0.2, -0.15) is 0 Å². The molecule has 0 aliphatic carbocycles. The first-order valence-electron chi connectivity index (χ1n) is 22.4. The molecule has 0 radical (unpaired) electrons. The van der Waals surface area contributed by atoms with Gasteiger partial charge < -0.3 is 48.5 Å². The van der Waals surface area contributed by atoms with Crippen LogP contribution in [0.5, 0.6) is 23.0 Å². The van der Waals surface area contributed by atoms with Crippen LogP contribution in [-0.2, 0) is 26.2 Å². The summed E-state index contributed by atoms with van der Waals surface area (Å²) in [6.07, 6.45) is 14.1. The molecule has 4 aliphatic rings. The molecule has 0 saturated carbocycles. The molecule has 4 aliphatic heterocycles. The minimum atomic E-state index is -0.0756. The molecule has 6 aromatic rings. The van der Waals surface area contributed by atoms with E-state index < -0.39 is 0 Å². The highest BCUT2D eigenvalue weighted by Gasteiger charge is 2.22. The van der Waals surface area contributed by atoms with E-state index in [1.54, 1.807) is 33.9 Å². The van der Waals surface area contributed by atoms with E-state index in [-0.39, 0.29) is 11.1 Å². The van der Waals surface area contributed by atoms with Gasteiger partial charge in [-0.25, -0.2) is 19.9 Å². The van der Waals surface area contributed by atoms with E-state index in [1.165, 1.54) is 12.4 Å².